The van der Waals surface area contributed by atoms with Gasteiger partial charge in [-0.25, -0.2) is 0 Å². The molecule has 0 aliphatic carbocycles. The van der Waals surface area contributed by atoms with Crippen LogP contribution in [0.15, 0.2) is 12.7 Å². The van der Waals surface area contributed by atoms with Gasteiger partial charge in [-0.1, -0.05) is 32.3 Å². The van der Waals surface area contributed by atoms with E-state index in [4.69, 9.17) is 22.2 Å². The molecule has 0 saturated heterocycles. The van der Waals surface area contributed by atoms with Gasteiger partial charge in [0.2, 0.25) is 0 Å². The van der Waals surface area contributed by atoms with E-state index < -0.39 is 6.69 Å². The summed E-state index contributed by atoms with van der Waals surface area (Å²) in [6.07, 6.45) is 8.13. The summed E-state index contributed by atoms with van der Waals surface area (Å²) in [6, 6.07) is 2.03. The molecular formula is C10H20Cl2Si. The van der Waals surface area contributed by atoms with E-state index in [-0.39, 0.29) is 0 Å². The van der Waals surface area contributed by atoms with Crippen LogP contribution in [0.5, 0.6) is 0 Å². The Morgan fingerprint density at radius 3 is 2.31 bits per heavy atom. The van der Waals surface area contributed by atoms with Crippen LogP contribution in [0.3, 0.4) is 0 Å². The van der Waals surface area contributed by atoms with Crippen molar-refractivity contribution >= 4 is 28.9 Å². The molecule has 0 unspecified atom stereocenters. The highest BCUT2D eigenvalue weighted by molar-refractivity contribution is 7.45. The van der Waals surface area contributed by atoms with Gasteiger partial charge < -0.3 is 0 Å². The molecule has 0 nitrogen and oxygen atoms in total. The lowest BCUT2D eigenvalue weighted by atomic mass is 10.1. The normalized spacial score (nSPS) is 11.6. The van der Waals surface area contributed by atoms with Gasteiger partial charge in [0.05, 0.1) is 0 Å². The van der Waals surface area contributed by atoms with Gasteiger partial charge in [0, 0.05) is 0 Å². The minimum atomic E-state index is -1.82. The minimum absolute atomic E-state index is 0.975. The van der Waals surface area contributed by atoms with Crippen molar-refractivity contribution in [2.45, 2.75) is 51.1 Å². The molecule has 0 atom stereocenters. The topological polar surface area (TPSA) is 0 Å². The van der Waals surface area contributed by atoms with E-state index >= 15 is 0 Å². The molecule has 0 heterocycles. The van der Waals surface area contributed by atoms with Crippen molar-refractivity contribution in [1.29, 1.82) is 0 Å². The Labute approximate surface area is 92.7 Å². The fourth-order valence-electron chi connectivity index (χ4n) is 1.20. The molecule has 13 heavy (non-hydrogen) atoms. The highest BCUT2D eigenvalue weighted by Gasteiger charge is 2.24. The van der Waals surface area contributed by atoms with E-state index in [0.29, 0.717) is 0 Å². The molecule has 0 N–H and O–H groups in total. The summed E-state index contributed by atoms with van der Waals surface area (Å²) in [6.45, 7) is 3.96. The first-order valence-corrected chi connectivity index (χ1v) is 9.55. The van der Waals surface area contributed by atoms with Gasteiger partial charge in [0.1, 0.15) is 0 Å². The fraction of sp³-hybridized carbons (Fsp3) is 0.800. The number of halogens is 2. The van der Waals surface area contributed by atoms with Gasteiger partial charge in [0.15, 0.2) is 0 Å². The maximum absolute atomic E-state index is 6.15. The molecule has 0 radical (unpaired) electrons. The third-order valence-electron chi connectivity index (χ3n) is 2.22. The Balaban J connectivity index is 3.20. The van der Waals surface area contributed by atoms with Crippen molar-refractivity contribution in [3.63, 3.8) is 0 Å². The summed E-state index contributed by atoms with van der Waals surface area (Å²) in [5, 5.41) is 0. The van der Waals surface area contributed by atoms with Crippen LogP contribution in [0, 0.1) is 0 Å². The average molecular weight is 239 g/mol. The van der Waals surface area contributed by atoms with Gasteiger partial charge >= 0.3 is 0 Å². The second-order valence-electron chi connectivity index (χ2n) is 3.45. The van der Waals surface area contributed by atoms with Crippen molar-refractivity contribution < 1.29 is 0 Å². The SMILES string of the molecule is C=CCCCCCC[Si](Cl)(Cl)CC. The van der Waals surface area contributed by atoms with Crippen LogP contribution in [-0.4, -0.2) is 6.69 Å². The van der Waals surface area contributed by atoms with Crippen LogP contribution in [0.2, 0.25) is 12.1 Å². The van der Waals surface area contributed by atoms with Crippen molar-refractivity contribution in [2.24, 2.45) is 0 Å². The van der Waals surface area contributed by atoms with Gasteiger partial charge in [-0.2, -0.15) is 0 Å². The van der Waals surface area contributed by atoms with Crippen LogP contribution in [0.1, 0.15) is 39.0 Å². The van der Waals surface area contributed by atoms with Crippen molar-refractivity contribution in [2.75, 3.05) is 0 Å². The van der Waals surface area contributed by atoms with Gasteiger partial charge in [-0.05, 0) is 24.9 Å². The lowest BCUT2D eigenvalue weighted by molar-refractivity contribution is 0.672. The van der Waals surface area contributed by atoms with Gasteiger partial charge in [-0.15, -0.1) is 28.7 Å². The predicted octanol–water partition coefficient (Wildman–Crippen LogP) is 5.06. The van der Waals surface area contributed by atoms with E-state index in [1.54, 1.807) is 0 Å². The molecular weight excluding hydrogens is 219 g/mol. The Morgan fingerprint density at radius 2 is 1.77 bits per heavy atom. The summed E-state index contributed by atoms with van der Waals surface area (Å²) in [7, 11) is 0. The summed E-state index contributed by atoms with van der Waals surface area (Å²) in [5.41, 5.74) is 0. The van der Waals surface area contributed by atoms with Crippen molar-refractivity contribution in [3.05, 3.63) is 12.7 Å². The second kappa shape index (κ2) is 7.90. The van der Waals surface area contributed by atoms with Crippen molar-refractivity contribution in [3.8, 4) is 0 Å². The van der Waals surface area contributed by atoms with E-state index in [2.05, 4.69) is 13.5 Å². The van der Waals surface area contributed by atoms with Crippen LogP contribution in [0.4, 0.5) is 0 Å². The number of unbranched alkanes of at least 4 members (excludes halogenated alkanes) is 4. The summed E-state index contributed by atoms with van der Waals surface area (Å²) < 4.78 is 0. The molecule has 0 saturated carbocycles. The zero-order valence-electron chi connectivity index (χ0n) is 8.49. The molecule has 0 aromatic carbocycles. The van der Waals surface area contributed by atoms with E-state index in [0.717, 1.165) is 18.5 Å². The third-order valence-corrected chi connectivity index (χ3v) is 7.08. The fourth-order valence-corrected chi connectivity index (χ4v) is 3.13. The highest BCUT2D eigenvalue weighted by Crippen LogP contribution is 2.27. The maximum Gasteiger partial charge on any atom is 0.251 e. The van der Waals surface area contributed by atoms with Crippen LogP contribution >= 0.6 is 22.2 Å². The number of rotatable bonds is 8. The van der Waals surface area contributed by atoms with E-state index in [1.165, 1.54) is 25.7 Å². The average Bonchev–Trinajstić information content (AvgIpc) is 2.11. The second-order valence-corrected chi connectivity index (χ2v) is 11.3. The van der Waals surface area contributed by atoms with E-state index in [1.807, 2.05) is 6.08 Å². The quantitative estimate of drug-likeness (QED) is 0.240. The first-order chi connectivity index (χ1) is 6.12. The van der Waals surface area contributed by atoms with Gasteiger partial charge in [-0.3, -0.25) is 0 Å². The van der Waals surface area contributed by atoms with Crippen molar-refractivity contribution in [1.82, 2.24) is 0 Å². The molecule has 0 fully saturated rings. The summed E-state index contributed by atoms with van der Waals surface area (Å²) >= 11 is 12.3. The van der Waals surface area contributed by atoms with Crippen LogP contribution < -0.4 is 0 Å². The smallest absolute Gasteiger partial charge is 0.146 e. The monoisotopic (exact) mass is 238 g/mol. The Hall–Kier alpha value is 0.537. The summed E-state index contributed by atoms with van der Waals surface area (Å²) in [5.74, 6) is 0. The predicted molar refractivity (Wildman–Crippen MR) is 66.0 cm³/mol. The lowest BCUT2D eigenvalue weighted by Gasteiger charge is -2.12. The summed E-state index contributed by atoms with van der Waals surface area (Å²) in [4.78, 5) is 0. The highest BCUT2D eigenvalue weighted by atomic mass is 35.7. The first kappa shape index (κ1) is 13.5. The number of allylic oxidation sites excluding steroid dienone is 1. The molecule has 0 bridgehead atoms. The van der Waals surface area contributed by atoms with Crippen LogP contribution in [0.25, 0.3) is 0 Å². The first-order valence-electron chi connectivity index (χ1n) is 5.11. The molecule has 0 aliphatic rings. The zero-order valence-corrected chi connectivity index (χ0v) is 11.0. The maximum atomic E-state index is 6.15. The van der Waals surface area contributed by atoms with Gasteiger partial charge in [0.25, 0.3) is 6.69 Å². The number of hydrogen-bond acceptors (Lipinski definition) is 0. The molecule has 0 rings (SSSR count). The standard InChI is InChI=1S/C10H20Cl2Si/c1-3-5-6-7-8-9-10-13(11,12)4-2/h3H,1,4-10H2,2H3. The molecule has 0 aromatic heterocycles. The molecule has 0 spiro atoms. The Bertz CT molecular complexity index is 135. The molecule has 0 aliphatic heterocycles. The molecule has 78 valence electrons. The molecule has 3 heteroatoms. The molecule has 0 amide bonds. The zero-order chi connectivity index (χ0) is 10.2. The Morgan fingerprint density at radius 1 is 1.15 bits per heavy atom. The number of hydrogen-bond donors (Lipinski definition) is 0. The van der Waals surface area contributed by atoms with E-state index in [9.17, 15) is 0 Å². The Kier molecular flexibility index (Phi) is 8.22. The lowest BCUT2D eigenvalue weighted by Crippen LogP contribution is -2.16. The third kappa shape index (κ3) is 8.86. The molecule has 0 aromatic rings. The minimum Gasteiger partial charge on any atom is -0.146 e. The van der Waals surface area contributed by atoms with Crippen LogP contribution in [-0.2, 0) is 0 Å². The largest absolute Gasteiger partial charge is 0.251 e.